The monoisotopic (exact) mass is 227 g/mol. The van der Waals surface area contributed by atoms with Crippen LogP contribution in [-0.2, 0) is 9.59 Å². The van der Waals surface area contributed by atoms with Gasteiger partial charge in [0.25, 0.3) is 0 Å². The Kier molecular flexibility index (Phi) is 5.25. The first-order valence-corrected chi connectivity index (χ1v) is 5.94. The maximum absolute atomic E-state index is 11.5. The van der Waals surface area contributed by atoms with Gasteiger partial charge < -0.3 is 16.0 Å². The molecule has 0 saturated heterocycles. The summed E-state index contributed by atoms with van der Waals surface area (Å²) in [6.07, 6.45) is 3.11. The van der Waals surface area contributed by atoms with Gasteiger partial charge in [-0.15, -0.1) is 0 Å². The average molecular weight is 227 g/mol. The van der Waals surface area contributed by atoms with Crippen LogP contribution >= 0.6 is 0 Å². The van der Waals surface area contributed by atoms with Crippen molar-refractivity contribution in [2.45, 2.75) is 45.2 Å². The van der Waals surface area contributed by atoms with Crippen LogP contribution in [0.1, 0.15) is 33.1 Å². The zero-order valence-corrected chi connectivity index (χ0v) is 10.0. The van der Waals surface area contributed by atoms with Crippen LogP contribution in [0.15, 0.2) is 0 Å². The molecule has 1 atom stereocenters. The summed E-state index contributed by atoms with van der Waals surface area (Å²) in [4.78, 5) is 22.9. The van der Waals surface area contributed by atoms with Gasteiger partial charge in [0.15, 0.2) is 0 Å². The van der Waals surface area contributed by atoms with Crippen LogP contribution in [0.5, 0.6) is 0 Å². The van der Waals surface area contributed by atoms with E-state index in [-0.39, 0.29) is 18.4 Å². The van der Waals surface area contributed by atoms with Gasteiger partial charge in [-0.2, -0.15) is 0 Å². The van der Waals surface area contributed by atoms with Crippen molar-refractivity contribution < 1.29 is 9.59 Å². The van der Waals surface area contributed by atoms with Crippen LogP contribution in [0.4, 0.5) is 0 Å². The zero-order valence-electron chi connectivity index (χ0n) is 10.0. The first-order valence-electron chi connectivity index (χ1n) is 5.94. The average Bonchev–Trinajstić information content (AvgIpc) is 3.02. The number of hydrogen-bond acceptors (Lipinski definition) is 3. The van der Waals surface area contributed by atoms with Crippen LogP contribution in [-0.4, -0.2) is 37.0 Å². The highest BCUT2D eigenvalue weighted by atomic mass is 16.2. The summed E-state index contributed by atoms with van der Waals surface area (Å²) >= 11 is 0. The van der Waals surface area contributed by atoms with Crippen LogP contribution in [0, 0.1) is 0 Å². The summed E-state index contributed by atoms with van der Waals surface area (Å²) in [7, 11) is 0. The second-order valence-electron chi connectivity index (χ2n) is 4.25. The lowest BCUT2D eigenvalue weighted by Crippen LogP contribution is -2.47. The minimum Gasteiger partial charge on any atom is -0.352 e. The number of amides is 2. The van der Waals surface area contributed by atoms with Crippen molar-refractivity contribution in [1.82, 2.24) is 16.0 Å². The highest BCUT2D eigenvalue weighted by Gasteiger charge is 2.25. The highest BCUT2D eigenvalue weighted by molar-refractivity contribution is 5.88. The Labute approximate surface area is 96.4 Å². The van der Waals surface area contributed by atoms with Crippen LogP contribution < -0.4 is 16.0 Å². The molecule has 0 radical (unpaired) electrons. The Morgan fingerprint density at radius 2 is 2.06 bits per heavy atom. The molecule has 0 heterocycles. The molecule has 0 bridgehead atoms. The lowest BCUT2D eigenvalue weighted by atomic mass is 10.3. The van der Waals surface area contributed by atoms with Crippen molar-refractivity contribution in [3.63, 3.8) is 0 Å². The van der Waals surface area contributed by atoms with Crippen LogP contribution in [0.3, 0.4) is 0 Å². The van der Waals surface area contributed by atoms with E-state index in [2.05, 4.69) is 16.0 Å². The Morgan fingerprint density at radius 1 is 1.38 bits per heavy atom. The smallest absolute Gasteiger partial charge is 0.242 e. The van der Waals surface area contributed by atoms with Crippen molar-refractivity contribution in [2.75, 3.05) is 13.1 Å². The largest absolute Gasteiger partial charge is 0.352 e. The Bertz CT molecular complexity index is 252. The number of nitrogens with one attached hydrogen (secondary N) is 3. The normalized spacial score (nSPS) is 16.6. The molecule has 1 aliphatic rings. The summed E-state index contributed by atoms with van der Waals surface area (Å²) in [5, 5.41) is 8.50. The molecule has 5 heteroatoms. The third-order valence-electron chi connectivity index (χ3n) is 2.41. The van der Waals surface area contributed by atoms with Gasteiger partial charge >= 0.3 is 0 Å². The van der Waals surface area contributed by atoms with Crippen molar-refractivity contribution in [3.8, 4) is 0 Å². The summed E-state index contributed by atoms with van der Waals surface area (Å²) < 4.78 is 0. The summed E-state index contributed by atoms with van der Waals surface area (Å²) in [5.74, 6) is -0.224. The van der Waals surface area contributed by atoms with Gasteiger partial charge in [-0.1, -0.05) is 6.92 Å². The molecule has 1 saturated carbocycles. The van der Waals surface area contributed by atoms with Gasteiger partial charge in [0.2, 0.25) is 11.8 Å². The van der Waals surface area contributed by atoms with Crippen molar-refractivity contribution >= 4 is 11.8 Å². The maximum atomic E-state index is 11.5. The van der Waals surface area contributed by atoms with Gasteiger partial charge in [-0.05, 0) is 32.7 Å². The third-order valence-corrected chi connectivity index (χ3v) is 2.41. The van der Waals surface area contributed by atoms with Gasteiger partial charge in [0, 0.05) is 6.04 Å². The van der Waals surface area contributed by atoms with E-state index in [1.54, 1.807) is 6.92 Å². The molecule has 2 amide bonds. The number of hydrogen-bond donors (Lipinski definition) is 3. The van der Waals surface area contributed by atoms with Gasteiger partial charge in [0.05, 0.1) is 6.54 Å². The van der Waals surface area contributed by atoms with Gasteiger partial charge in [-0.3, -0.25) is 9.59 Å². The van der Waals surface area contributed by atoms with E-state index in [1.807, 2.05) is 6.92 Å². The van der Waals surface area contributed by atoms with E-state index in [9.17, 15) is 9.59 Å². The first-order chi connectivity index (χ1) is 7.63. The number of carbonyl (C=O) groups is 2. The number of rotatable bonds is 7. The van der Waals surface area contributed by atoms with E-state index in [0.717, 1.165) is 25.8 Å². The van der Waals surface area contributed by atoms with Crippen molar-refractivity contribution in [2.24, 2.45) is 0 Å². The first kappa shape index (κ1) is 13.0. The van der Waals surface area contributed by atoms with E-state index in [4.69, 9.17) is 0 Å². The third kappa shape index (κ3) is 5.11. The quantitative estimate of drug-likeness (QED) is 0.526. The van der Waals surface area contributed by atoms with Crippen LogP contribution in [0.2, 0.25) is 0 Å². The van der Waals surface area contributed by atoms with Gasteiger partial charge in [-0.25, -0.2) is 0 Å². The molecular weight excluding hydrogens is 206 g/mol. The van der Waals surface area contributed by atoms with E-state index in [1.165, 1.54) is 0 Å². The summed E-state index contributed by atoms with van der Waals surface area (Å²) in [6.45, 7) is 4.83. The fourth-order valence-electron chi connectivity index (χ4n) is 1.29. The molecule has 5 nitrogen and oxygen atoms in total. The molecule has 3 N–H and O–H groups in total. The van der Waals surface area contributed by atoms with Crippen molar-refractivity contribution in [3.05, 3.63) is 0 Å². The second kappa shape index (κ2) is 6.48. The molecule has 1 aliphatic carbocycles. The molecule has 1 unspecified atom stereocenters. The lowest BCUT2D eigenvalue weighted by Gasteiger charge is -2.13. The Hall–Kier alpha value is -1.10. The van der Waals surface area contributed by atoms with Gasteiger partial charge in [0.1, 0.15) is 6.04 Å². The summed E-state index contributed by atoms with van der Waals surface area (Å²) in [6, 6.07) is -0.110. The SMILES string of the molecule is CCCNCC(=O)NC(C)C(=O)NC1CC1. The molecule has 0 spiro atoms. The van der Waals surface area contributed by atoms with E-state index < -0.39 is 6.04 Å². The molecule has 0 aliphatic heterocycles. The predicted molar refractivity (Wildman–Crippen MR) is 61.9 cm³/mol. The molecule has 1 rings (SSSR count). The second-order valence-corrected chi connectivity index (χ2v) is 4.25. The van der Waals surface area contributed by atoms with Crippen LogP contribution in [0.25, 0.3) is 0 Å². The highest BCUT2D eigenvalue weighted by Crippen LogP contribution is 2.18. The maximum Gasteiger partial charge on any atom is 0.242 e. The van der Waals surface area contributed by atoms with E-state index >= 15 is 0 Å². The molecule has 1 fully saturated rings. The standard InChI is InChI=1S/C11H21N3O2/c1-3-6-12-7-10(15)13-8(2)11(16)14-9-4-5-9/h8-9,12H,3-7H2,1-2H3,(H,13,15)(H,14,16). The fourth-order valence-corrected chi connectivity index (χ4v) is 1.29. The fraction of sp³-hybridized carbons (Fsp3) is 0.818. The zero-order chi connectivity index (χ0) is 12.0. The molecule has 92 valence electrons. The topological polar surface area (TPSA) is 70.2 Å². The Morgan fingerprint density at radius 3 is 2.62 bits per heavy atom. The molecule has 16 heavy (non-hydrogen) atoms. The molecule has 0 aromatic carbocycles. The predicted octanol–water partition coefficient (Wildman–Crippen LogP) is -0.231. The van der Waals surface area contributed by atoms with Crippen molar-refractivity contribution in [1.29, 1.82) is 0 Å². The van der Waals surface area contributed by atoms with E-state index in [0.29, 0.717) is 6.04 Å². The molecule has 0 aromatic rings. The Balaban J connectivity index is 2.13. The lowest BCUT2D eigenvalue weighted by molar-refractivity contribution is -0.128. The summed E-state index contributed by atoms with van der Waals surface area (Å²) in [5.41, 5.74) is 0. The molecule has 0 aromatic heterocycles. The minimum atomic E-state index is -0.448. The molecular formula is C11H21N3O2. The minimum absolute atomic E-state index is 0.0914. The number of carbonyl (C=O) groups excluding carboxylic acids is 2.